The van der Waals surface area contributed by atoms with Gasteiger partial charge in [0.25, 0.3) is 0 Å². The van der Waals surface area contributed by atoms with E-state index in [1.807, 2.05) is 53.4 Å². The van der Waals surface area contributed by atoms with Crippen LogP contribution in [0.5, 0.6) is 0 Å². The fourth-order valence-electron chi connectivity index (χ4n) is 2.86. The molecule has 1 heterocycles. The summed E-state index contributed by atoms with van der Waals surface area (Å²) in [6.45, 7) is 5.29. The molecule has 0 aliphatic carbocycles. The first-order valence-corrected chi connectivity index (χ1v) is 8.98. The lowest BCUT2D eigenvalue weighted by Gasteiger charge is -2.09. The van der Waals surface area contributed by atoms with Crippen LogP contribution in [0, 0.1) is 6.92 Å². The van der Waals surface area contributed by atoms with Gasteiger partial charge >= 0.3 is 5.97 Å². The molecule has 0 saturated heterocycles. The molecule has 0 amide bonds. The van der Waals surface area contributed by atoms with E-state index in [1.54, 1.807) is 0 Å². The molecular weight excluding hydrogens is 449 g/mol. The lowest BCUT2D eigenvalue weighted by atomic mass is 10.0. The number of nitrogens with zero attached hydrogens (tertiary/aromatic N) is 1. The zero-order valence-corrected chi connectivity index (χ0v) is 17.8. The van der Waals surface area contributed by atoms with Crippen LogP contribution in [0.3, 0.4) is 0 Å². The van der Waals surface area contributed by atoms with Crippen LogP contribution >= 0.6 is 0 Å². The van der Waals surface area contributed by atoms with E-state index in [0.29, 0.717) is 18.6 Å². The van der Waals surface area contributed by atoms with Gasteiger partial charge in [-0.05, 0) is 25.0 Å². The van der Waals surface area contributed by atoms with Crippen LogP contribution in [0.15, 0.2) is 73.1 Å². The van der Waals surface area contributed by atoms with Crippen molar-refractivity contribution in [1.29, 1.82) is 0 Å². The summed E-state index contributed by atoms with van der Waals surface area (Å²) in [5, 5.41) is 0. The average molecular weight is 473 g/mol. The third-order valence-corrected chi connectivity index (χ3v) is 4.43. The molecule has 0 spiro atoms. The molecule has 3 nitrogen and oxygen atoms in total. The average Bonchev–Trinajstić information content (AvgIpc) is 2.69. The van der Waals surface area contributed by atoms with Gasteiger partial charge in [-0.3, -0.25) is 0 Å². The van der Waals surface area contributed by atoms with Crippen LogP contribution in [-0.4, -0.2) is 12.6 Å². The van der Waals surface area contributed by atoms with Crippen molar-refractivity contribution in [2.75, 3.05) is 6.61 Å². The molecule has 0 bridgehead atoms. The highest BCUT2D eigenvalue weighted by Crippen LogP contribution is 2.23. The molecule has 140 valence electrons. The number of benzene rings is 2. The number of hydrogen-bond donors (Lipinski definition) is 0. The minimum absolute atomic E-state index is 0. The highest BCUT2D eigenvalue weighted by molar-refractivity contribution is 5.96. The Bertz CT molecular complexity index is 877. The first-order chi connectivity index (χ1) is 12.7. The van der Waals surface area contributed by atoms with Gasteiger partial charge in [0.15, 0.2) is 12.4 Å². The second kappa shape index (κ2) is 10.2. The Morgan fingerprint density at radius 1 is 1.00 bits per heavy atom. The molecule has 0 radical (unpaired) electrons. The maximum atomic E-state index is 12.7. The van der Waals surface area contributed by atoms with E-state index >= 15 is 0 Å². The number of hydrogen-bond acceptors (Lipinski definition) is 2. The Morgan fingerprint density at radius 3 is 2.37 bits per heavy atom. The monoisotopic (exact) mass is 473 g/mol. The normalized spacial score (nSPS) is 10.1. The minimum atomic E-state index is -0.279. The lowest BCUT2D eigenvalue weighted by Crippen LogP contribution is -3.00. The number of esters is 1. The van der Waals surface area contributed by atoms with Crippen LogP contribution in [-0.2, 0) is 17.7 Å². The van der Waals surface area contributed by atoms with Crippen molar-refractivity contribution in [2.24, 2.45) is 0 Å². The molecule has 1 aromatic heterocycles. The molecule has 2 aromatic carbocycles. The van der Waals surface area contributed by atoms with Crippen LogP contribution in [0.1, 0.15) is 28.4 Å². The number of pyridine rings is 1. The van der Waals surface area contributed by atoms with Crippen molar-refractivity contribution in [1.82, 2.24) is 0 Å². The van der Waals surface area contributed by atoms with Gasteiger partial charge in [0.2, 0.25) is 0 Å². The van der Waals surface area contributed by atoms with Crippen LogP contribution in [0.4, 0.5) is 0 Å². The van der Waals surface area contributed by atoms with Gasteiger partial charge in [-0.1, -0.05) is 60.2 Å². The molecule has 3 rings (SSSR count). The van der Waals surface area contributed by atoms with E-state index in [1.165, 1.54) is 11.1 Å². The summed E-state index contributed by atoms with van der Waals surface area (Å²) in [5.74, 6) is -0.279. The summed E-state index contributed by atoms with van der Waals surface area (Å²) in [6.07, 6.45) is 4.58. The molecule has 3 aromatic rings. The fraction of sp³-hybridized carbons (Fsp3) is 0.217. The summed E-state index contributed by atoms with van der Waals surface area (Å²) < 4.78 is 7.56. The zero-order valence-electron chi connectivity index (χ0n) is 15.7. The second-order valence-corrected chi connectivity index (χ2v) is 6.34. The van der Waals surface area contributed by atoms with Crippen LogP contribution < -0.4 is 28.5 Å². The van der Waals surface area contributed by atoms with Crippen molar-refractivity contribution in [3.63, 3.8) is 0 Å². The third kappa shape index (κ3) is 5.63. The molecule has 0 saturated carbocycles. The van der Waals surface area contributed by atoms with Crippen LogP contribution in [0.25, 0.3) is 11.1 Å². The maximum absolute atomic E-state index is 12.7. The Morgan fingerprint density at radius 2 is 1.70 bits per heavy atom. The first kappa shape index (κ1) is 21.1. The predicted molar refractivity (Wildman–Crippen MR) is 103 cm³/mol. The van der Waals surface area contributed by atoms with Gasteiger partial charge in [-0.15, -0.1) is 0 Å². The summed E-state index contributed by atoms with van der Waals surface area (Å²) in [5.41, 5.74) is 4.91. The van der Waals surface area contributed by atoms with Gasteiger partial charge in [-0.25, -0.2) is 9.36 Å². The van der Waals surface area contributed by atoms with Crippen molar-refractivity contribution in [2.45, 2.75) is 26.8 Å². The van der Waals surface area contributed by atoms with Crippen molar-refractivity contribution in [3.8, 4) is 11.1 Å². The maximum Gasteiger partial charge on any atom is 0.344 e. The lowest BCUT2D eigenvalue weighted by molar-refractivity contribution is -0.693. The Kier molecular flexibility index (Phi) is 7.98. The summed E-state index contributed by atoms with van der Waals surface area (Å²) in [4.78, 5) is 12.7. The van der Waals surface area contributed by atoms with Crippen molar-refractivity contribution >= 4 is 5.97 Å². The molecule has 0 aliphatic rings. The Hall–Kier alpha value is -2.21. The van der Waals surface area contributed by atoms with Crippen LogP contribution in [0.2, 0.25) is 0 Å². The first-order valence-electron chi connectivity index (χ1n) is 8.98. The SMILES string of the molecule is CC[n+]1ccc(-c2ccccc2)c(C(=O)OCCc2ccc(C)cc2)c1.[I-]. The summed E-state index contributed by atoms with van der Waals surface area (Å²) in [7, 11) is 0. The standard InChI is InChI=1S/C23H24NO2.HI/c1-3-24-15-13-21(20-7-5-4-6-8-20)22(17-24)23(25)26-16-14-19-11-9-18(2)10-12-19;/h4-13,15,17H,3,14,16H2,1-2H3;1H/q+1;/p-1. The van der Waals surface area contributed by atoms with Crippen molar-refractivity contribution in [3.05, 3.63) is 89.7 Å². The molecule has 4 heteroatoms. The highest BCUT2D eigenvalue weighted by atomic mass is 127. The number of halogens is 1. The second-order valence-electron chi connectivity index (χ2n) is 6.34. The molecule has 0 unspecified atom stereocenters. The molecule has 0 atom stereocenters. The number of carbonyl (C=O) groups is 1. The number of rotatable bonds is 6. The van der Waals surface area contributed by atoms with E-state index in [-0.39, 0.29) is 29.9 Å². The smallest absolute Gasteiger partial charge is 0.344 e. The van der Waals surface area contributed by atoms with Gasteiger partial charge in [-0.2, -0.15) is 0 Å². The van der Waals surface area contributed by atoms with Crippen molar-refractivity contribution < 1.29 is 38.1 Å². The van der Waals surface area contributed by atoms with E-state index in [9.17, 15) is 4.79 Å². The highest BCUT2D eigenvalue weighted by Gasteiger charge is 2.18. The van der Waals surface area contributed by atoms with Gasteiger partial charge in [0, 0.05) is 18.1 Å². The molecular formula is C23H24INO2. The fourth-order valence-corrected chi connectivity index (χ4v) is 2.86. The number of aryl methyl sites for hydroxylation is 2. The molecule has 0 N–H and O–H groups in total. The topological polar surface area (TPSA) is 30.2 Å². The van der Waals surface area contributed by atoms with E-state index in [4.69, 9.17) is 4.74 Å². The Balaban J connectivity index is 0.00000261. The zero-order chi connectivity index (χ0) is 18.4. The van der Waals surface area contributed by atoms with Gasteiger partial charge in [0.05, 0.1) is 6.61 Å². The van der Waals surface area contributed by atoms with E-state index in [2.05, 4.69) is 38.1 Å². The number of aromatic nitrogens is 1. The Labute approximate surface area is 178 Å². The summed E-state index contributed by atoms with van der Waals surface area (Å²) >= 11 is 0. The largest absolute Gasteiger partial charge is 1.00 e. The number of ether oxygens (including phenoxy) is 1. The number of carbonyl (C=O) groups excluding carboxylic acids is 1. The third-order valence-electron chi connectivity index (χ3n) is 4.43. The minimum Gasteiger partial charge on any atom is -1.00 e. The quantitative estimate of drug-likeness (QED) is 0.308. The summed E-state index contributed by atoms with van der Waals surface area (Å²) in [6, 6.07) is 20.2. The predicted octanol–water partition coefficient (Wildman–Crippen LogP) is 1.37. The van der Waals surface area contributed by atoms with Gasteiger partial charge < -0.3 is 28.7 Å². The molecule has 0 fully saturated rings. The molecule has 27 heavy (non-hydrogen) atoms. The van der Waals surface area contributed by atoms with Gasteiger partial charge in [0.1, 0.15) is 12.1 Å². The van der Waals surface area contributed by atoms with E-state index < -0.39 is 0 Å². The van der Waals surface area contributed by atoms with E-state index in [0.717, 1.165) is 17.7 Å². The molecule has 0 aliphatic heterocycles.